The molecule has 1 saturated carbocycles. The largest absolute Gasteiger partial charge is 0.496 e. The Hall–Kier alpha value is -12.3. The van der Waals surface area contributed by atoms with Crippen molar-refractivity contribution >= 4 is 101 Å². The van der Waals surface area contributed by atoms with Crippen molar-refractivity contribution in [2.45, 2.75) is 255 Å². The second-order valence-electron chi connectivity index (χ2n) is 38.6. The van der Waals surface area contributed by atoms with E-state index in [1.54, 1.807) is 57.5 Å². The molecule has 0 spiro atoms. The average molecular weight is 1990 g/mol. The minimum Gasteiger partial charge on any atom is -0.496 e. The van der Waals surface area contributed by atoms with E-state index in [2.05, 4.69) is 89.6 Å². The van der Waals surface area contributed by atoms with Crippen LogP contribution < -0.4 is 40.2 Å². The predicted molar refractivity (Wildman–Crippen MR) is 560 cm³/mol. The van der Waals surface area contributed by atoms with E-state index < -0.39 is 6.55 Å². The van der Waals surface area contributed by atoms with Gasteiger partial charge in [0.1, 0.15) is 34.1 Å². The van der Waals surface area contributed by atoms with Gasteiger partial charge in [0.2, 0.25) is 0 Å². The average Bonchev–Trinajstić information content (AvgIpc) is 1.52. The molecular formula is C111H147F2N15O16. The molecular weight excluding hydrogens is 1840 g/mol. The summed E-state index contributed by atoms with van der Waals surface area (Å²) in [6.45, 7) is 30.3. The number of allylic oxidation sites excluding steroid dienone is 6. The molecule has 31 nitrogen and oxygen atoms in total. The fraction of sp³-hybridized carbons (Fsp3) is 0.532. The highest BCUT2D eigenvalue weighted by Crippen LogP contribution is 2.44. The minimum atomic E-state index is -2.78. The third-order valence-electron chi connectivity index (χ3n) is 29.5. The number of fused-ring (bicyclic) bond motifs is 4. The molecule has 6 aromatic heterocycles. The third-order valence-corrected chi connectivity index (χ3v) is 29.5. The molecule has 3 aliphatic heterocycles. The molecule has 0 amide bonds. The van der Waals surface area contributed by atoms with Gasteiger partial charge in [-0.2, -0.15) is 29.2 Å². The Bertz CT molecular complexity index is 6560. The van der Waals surface area contributed by atoms with Crippen molar-refractivity contribution < 1.29 is 75.4 Å². The van der Waals surface area contributed by atoms with Gasteiger partial charge < -0.3 is 72.4 Å². The monoisotopic (exact) mass is 1980 g/mol. The summed E-state index contributed by atoms with van der Waals surface area (Å²) in [6, 6.07) is 13.0. The highest BCUT2D eigenvalue weighted by atomic mass is 19.3. The van der Waals surface area contributed by atoms with Crippen LogP contribution in [0.1, 0.15) is 257 Å². The number of likely N-dealkylation sites (N-methyl/N-ethyl adjacent to an activating group) is 1. The molecule has 16 rings (SSSR count). The first-order valence-electron chi connectivity index (χ1n) is 51.1. The standard InChI is InChI=1S/C33H48N4O4.C27H33F2N3O4.C26H34N4O4.C25H32N4O4/c1-8-25-27(30(38)15-14-26-31(39)18-22(3)19-32(26)41-7)20-29-28(21-34-36(29)5)33(25)37(9-2)24-12-10-23(11-13-24)35(4)16-17-40-6;1-5-31(19-8-10-36-11-9-19)26-17(3)21(14-18-15-32(27(28)29)30-25(18)26)22(33)7-6-20-23(34)12-16(2)13-24(20)35-4;1-6-30(19-9-11-34-12-10-19)25-17(3)21(14-18-15-29(4)28-24(18)25)22(31)8-7-20-23(33-5)13-16(2)27-26(20)32;1-5-29(18-8-10-33-11-9-18)24-16(3)20(13-17-14-26-28-23(17)24)21(30)7-6-19-22(32-4)12-15(2)27-25(19)31/h19-21,23-24H,8-18H2,1-7H3;13-15,19,27H,5-12H2,1-4H3;13-15,19H,6-12H2,1-5H3,(H,27,32);12-14,18H,5-11H2,1-4H3,(H,26,28)(H,27,31). The van der Waals surface area contributed by atoms with Crippen LogP contribution in [0.15, 0.2) is 117 Å². The van der Waals surface area contributed by atoms with Crippen LogP contribution in [0.5, 0.6) is 11.5 Å². The maximum atomic E-state index is 13.9. The summed E-state index contributed by atoms with van der Waals surface area (Å²) < 4.78 is 75.1. The summed E-state index contributed by atoms with van der Waals surface area (Å²) >= 11 is 0. The second kappa shape index (κ2) is 50.0. The normalized spacial score (nSPS) is 16.7. The molecule has 0 bridgehead atoms. The molecule has 0 radical (unpaired) electrons. The van der Waals surface area contributed by atoms with Crippen LogP contribution in [0, 0.1) is 34.6 Å². The van der Waals surface area contributed by atoms with E-state index in [1.165, 1.54) is 13.3 Å². The van der Waals surface area contributed by atoms with Crippen molar-refractivity contribution in [3.05, 3.63) is 195 Å². The Morgan fingerprint density at radius 1 is 0.479 bits per heavy atom. The number of aromatic amines is 3. The predicted octanol–water partition coefficient (Wildman–Crippen LogP) is 18.6. The molecule has 6 aliphatic rings. The number of benzene rings is 4. The summed E-state index contributed by atoms with van der Waals surface area (Å²) in [5.41, 5.74) is 18.6. The van der Waals surface area contributed by atoms with E-state index in [0.717, 1.165) is 224 Å². The number of hydrogen-bond acceptors (Lipinski definition) is 25. The van der Waals surface area contributed by atoms with Gasteiger partial charge in [0, 0.05) is 241 Å². The molecule has 0 atom stereocenters. The van der Waals surface area contributed by atoms with Gasteiger partial charge in [-0.1, -0.05) is 18.1 Å². The summed E-state index contributed by atoms with van der Waals surface area (Å²) in [5, 5.41) is 24.4. The van der Waals surface area contributed by atoms with E-state index in [-0.39, 0.29) is 84.0 Å². The van der Waals surface area contributed by atoms with Gasteiger partial charge in [-0.15, -0.1) is 0 Å². The SMILES string of the molecule is CCN(c1c(C)c(C(=O)CCC2=C(OC)C=C(C)CC2=O)cc2cn(C(F)F)nc12)C1CCOCC1.CCN(c1c(C)c(C(=O)CCc2c(OC)cc(C)[nH]c2=O)cc2cn(C)nc12)C1CCOCC1.CCN(c1c(C)c(C(=O)CCc2c(OC)cc(C)[nH]c2=O)cc2cn[nH]c12)C1CCOCC1.CCc1c(C(=O)CCC2=C(OC)C=C(C)CC2=O)cc2c(cnn2C)c1N(CC)C1CCC(N(C)CCOC)CC1. The fourth-order valence-electron chi connectivity index (χ4n) is 22.0. The number of carbonyl (C=O) groups excluding carboxylic acids is 6. The van der Waals surface area contributed by atoms with Crippen molar-refractivity contribution in [3.63, 3.8) is 0 Å². The number of anilines is 4. The topological polar surface area (TPSA) is 340 Å². The van der Waals surface area contributed by atoms with E-state index in [4.69, 9.17) is 43.0 Å². The van der Waals surface area contributed by atoms with Crippen molar-refractivity contribution in [1.29, 1.82) is 0 Å². The molecule has 776 valence electrons. The number of nitrogens with zero attached hydrogens (tertiary/aromatic N) is 12. The van der Waals surface area contributed by atoms with Gasteiger partial charge in [-0.05, 0) is 250 Å². The van der Waals surface area contributed by atoms with Gasteiger partial charge in [0.25, 0.3) is 11.1 Å². The number of alkyl halides is 2. The lowest BCUT2D eigenvalue weighted by molar-refractivity contribution is -0.116. The molecule has 0 unspecified atom stereocenters. The quantitative estimate of drug-likeness (QED) is 0.0303. The Kier molecular flexibility index (Phi) is 37.8. The number of pyridine rings is 2. The zero-order valence-electron chi connectivity index (χ0n) is 87.9. The van der Waals surface area contributed by atoms with Crippen LogP contribution in [0.25, 0.3) is 43.6 Å². The Balaban J connectivity index is 0.000000161. The summed E-state index contributed by atoms with van der Waals surface area (Å²) in [7, 11) is 14.0. The molecule has 3 saturated heterocycles. The van der Waals surface area contributed by atoms with Crippen molar-refractivity contribution in [3.8, 4) is 11.5 Å². The van der Waals surface area contributed by atoms with Gasteiger partial charge in [0.05, 0.1) is 92.3 Å². The molecule has 4 aromatic carbocycles. The van der Waals surface area contributed by atoms with Gasteiger partial charge in [0.15, 0.2) is 34.7 Å². The number of ketones is 6. The fourth-order valence-corrected chi connectivity index (χ4v) is 22.0. The van der Waals surface area contributed by atoms with Crippen LogP contribution >= 0.6 is 0 Å². The summed E-state index contributed by atoms with van der Waals surface area (Å²) in [5.74, 6) is 2.06. The van der Waals surface area contributed by atoms with Crippen LogP contribution in [0.4, 0.5) is 31.5 Å². The number of H-pyrrole nitrogens is 3. The summed E-state index contributed by atoms with van der Waals surface area (Å²) in [6.07, 6.45) is 24.2. The van der Waals surface area contributed by atoms with E-state index >= 15 is 0 Å². The first-order valence-corrected chi connectivity index (χ1v) is 51.1. The zero-order chi connectivity index (χ0) is 104. The number of carbonyl (C=O) groups is 6. The highest BCUT2D eigenvalue weighted by molar-refractivity contribution is 6.10. The number of Topliss-reactive ketones (excluding diaryl/α,β-unsaturated/α-hetero) is 6. The Morgan fingerprint density at radius 2 is 0.889 bits per heavy atom. The van der Waals surface area contributed by atoms with Crippen molar-refractivity contribution in [1.82, 2.24) is 54.4 Å². The van der Waals surface area contributed by atoms with E-state index in [1.807, 2.05) is 117 Å². The maximum absolute atomic E-state index is 13.9. The highest BCUT2D eigenvalue weighted by Gasteiger charge is 2.37. The molecule has 33 heteroatoms. The molecule has 10 aromatic rings. The molecule has 4 fully saturated rings. The zero-order valence-corrected chi connectivity index (χ0v) is 87.9. The lowest BCUT2D eigenvalue weighted by Gasteiger charge is -2.41. The van der Waals surface area contributed by atoms with Gasteiger partial charge in [-0.3, -0.25) is 52.8 Å². The smallest absolute Gasteiger partial charge is 0.333 e. The van der Waals surface area contributed by atoms with Gasteiger partial charge in [-0.25, -0.2) is 4.68 Å². The van der Waals surface area contributed by atoms with Crippen molar-refractivity contribution in [2.24, 2.45) is 14.1 Å². The molecule has 9 heterocycles. The minimum absolute atomic E-state index is 0.00177. The number of methoxy groups -OCH3 is 5. The first-order chi connectivity index (χ1) is 69.2. The molecule has 3 aliphatic carbocycles. The number of hydrogen-bond donors (Lipinski definition) is 3. The van der Waals surface area contributed by atoms with Crippen molar-refractivity contribution in [2.75, 3.05) is 141 Å². The number of halogens is 2. The summed E-state index contributed by atoms with van der Waals surface area (Å²) in [4.78, 5) is 122. The maximum Gasteiger partial charge on any atom is 0.333 e. The van der Waals surface area contributed by atoms with Crippen LogP contribution in [0.3, 0.4) is 0 Å². The number of aryl methyl sites for hydroxylation is 4. The first kappa shape index (κ1) is 109. The number of aromatic nitrogens is 10. The Labute approximate surface area is 842 Å². The lowest BCUT2D eigenvalue weighted by atomic mass is 9.87. The Morgan fingerprint density at radius 3 is 1.33 bits per heavy atom. The van der Waals surface area contributed by atoms with Crippen LogP contribution in [-0.4, -0.2) is 241 Å². The van der Waals surface area contributed by atoms with Crippen LogP contribution in [-0.2, 0) is 71.4 Å². The number of rotatable bonds is 38. The van der Waals surface area contributed by atoms with E-state index in [9.17, 15) is 47.1 Å². The lowest BCUT2D eigenvalue weighted by Crippen LogP contribution is -2.44. The molecule has 3 N–H and O–H groups in total. The number of ether oxygens (including phenoxy) is 8. The van der Waals surface area contributed by atoms with E-state index in [0.29, 0.717) is 165 Å². The third kappa shape index (κ3) is 24.7. The van der Waals surface area contributed by atoms with Crippen LogP contribution in [0.2, 0.25) is 0 Å². The van der Waals surface area contributed by atoms with Gasteiger partial charge >= 0.3 is 6.55 Å². The second-order valence-corrected chi connectivity index (χ2v) is 38.6. The molecule has 144 heavy (non-hydrogen) atoms. The number of nitrogens with one attached hydrogen (secondary N) is 3.